The average Bonchev–Trinajstić information content (AvgIpc) is 2.38. The van der Waals surface area contributed by atoms with Crippen molar-refractivity contribution < 1.29 is 9.60 Å². The second kappa shape index (κ2) is 3.85. The number of hydrogen-bond donors (Lipinski definition) is 0. The first-order valence-electron chi connectivity index (χ1n) is 10.0. The Balaban J connectivity index is 3.15. The van der Waals surface area contributed by atoms with E-state index in [-0.39, 0.29) is 18.1 Å². The van der Waals surface area contributed by atoms with E-state index in [4.69, 9.17) is 9.60 Å². The van der Waals surface area contributed by atoms with Crippen molar-refractivity contribution in [1.82, 2.24) is 0 Å². The van der Waals surface area contributed by atoms with Crippen LogP contribution in [0.1, 0.15) is 87.5 Å². The van der Waals surface area contributed by atoms with Crippen LogP contribution in [0.25, 0.3) is 0 Å². The molecule has 0 heteroatoms. The van der Waals surface area contributed by atoms with Crippen molar-refractivity contribution in [2.24, 2.45) is 0 Å². The average molecular weight is 251 g/mol. The van der Waals surface area contributed by atoms with E-state index in [1.54, 1.807) is 27.7 Å². The Bertz CT molecular complexity index is 737. The standard InChI is InChI=1S/C18H28/c1-16(2,3)13-8-9-14-15(12-13)18(6,7)11-10-17(14,4)5/h8-9,12H,10-11H2,1-7H3/i8D,9D,10D2,11D2,12D. The highest BCUT2D eigenvalue weighted by atomic mass is 14.4. The van der Waals surface area contributed by atoms with Crippen LogP contribution in [0.2, 0.25) is 0 Å². The smallest absolute Gasteiger partial charge is 0.0582 e. The molecule has 100 valence electrons. The maximum atomic E-state index is 8.76. The van der Waals surface area contributed by atoms with Gasteiger partial charge in [-0.15, -0.1) is 0 Å². The zero-order chi connectivity index (χ0) is 20.0. The van der Waals surface area contributed by atoms with Gasteiger partial charge in [-0.1, -0.05) is 66.6 Å². The van der Waals surface area contributed by atoms with Crippen LogP contribution >= 0.6 is 0 Å². The molecule has 0 nitrogen and oxygen atoms in total. The molecule has 0 radical (unpaired) electrons. The van der Waals surface area contributed by atoms with Gasteiger partial charge in [-0.25, -0.2) is 0 Å². The molecule has 0 atom stereocenters. The molecule has 0 fully saturated rings. The molecule has 0 aliphatic heterocycles. The maximum absolute atomic E-state index is 8.76. The summed E-state index contributed by atoms with van der Waals surface area (Å²) in [5.74, 6) is 0. The zero-order valence-electron chi connectivity index (χ0n) is 19.5. The summed E-state index contributed by atoms with van der Waals surface area (Å²) in [6.45, 7) is 12.0. The summed E-state index contributed by atoms with van der Waals surface area (Å²) in [6, 6.07) is -0.0762. The first-order chi connectivity index (χ1) is 10.8. The summed E-state index contributed by atoms with van der Waals surface area (Å²) in [5, 5.41) is 0. The van der Waals surface area contributed by atoms with Crippen LogP contribution in [-0.2, 0) is 16.2 Å². The minimum Gasteiger partial charge on any atom is -0.0582 e. The van der Waals surface area contributed by atoms with Gasteiger partial charge >= 0.3 is 0 Å². The third kappa shape index (κ3) is 2.22. The molecule has 0 amide bonds. The molecule has 1 aliphatic rings. The highest BCUT2D eigenvalue weighted by Gasteiger charge is 2.37. The second-order valence-electron chi connectivity index (χ2n) is 7.25. The number of rotatable bonds is 0. The Hall–Kier alpha value is -0.780. The second-order valence-corrected chi connectivity index (χ2v) is 7.25. The van der Waals surface area contributed by atoms with Crippen molar-refractivity contribution in [2.75, 3.05) is 0 Å². The molecule has 0 bridgehead atoms. The monoisotopic (exact) mass is 251 g/mol. The lowest BCUT2D eigenvalue weighted by molar-refractivity contribution is 0.331. The van der Waals surface area contributed by atoms with Gasteiger partial charge in [-0.05, 0) is 45.7 Å². The van der Waals surface area contributed by atoms with Crippen LogP contribution in [-0.4, -0.2) is 0 Å². The molecule has 0 aromatic heterocycles. The van der Waals surface area contributed by atoms with Gasteiger partial charge in [0.05, 0.1) is 4.11 Å². The molecular weight excluding hydrogens is 216 g/mol. The van der Waals surface area contributed by atoms with Crippen molar-refractivity contribution >= 4 is 0 Å². The van der Waals surface area contributed by atoms with Gasteiger partial charge in [-0.3, -0.25) is 0 Å². The number of benzene rings is 1. The quantitative estimate of drug-likeness (QED) is 0.584. The van der Waals surface area contributed by atoms with E-state index in [1.165, 1.54) is 0 Å². The van der Waals surface area contributed by atoms with Gasteiger partial charge in [0.2, 0.25) is 0 Å². The number of hydrogen-bond acceptors (Lipinski definition) is 0. The molecule has 0 N–H and O–H groups in total. The summed E-state index contributed by atoms with van der Waals surface area (Å²) >= 11 is 0. The van der Waals surface area contributed by atoms with Crippen molar-refractivity contribution in [1.29, 1.82) is 0 Å². The Morgan fingerprint density at radius 2 is 1.50 bits per heavy atom. The summed E-state index contributed by atoms with van der Waals surface area (Å²) in [5.41, 5.74) is -2.10. The summed E-state index contributed by atoms with van der Waals surface area (Å²) in [7, 11) is 0. The Labute approximate surface area is 123 Å². The lowest BCUT2D eigenvalue weighted by Crippen LogP contribution is -2.34. The third-order valence-electron chi connectivity index (χ3n) is 3.50. The van der Waals surface area contributed by atoms with Gasteiger partial charge in [-0.2, -0.15) is 0 Å². The van der Waals surface area contributed by atoms with Crippen molar-refractivity contribution in [2.45, 2.75) is 77.5 Å². The van der Waals surface area contributed by atoms with Crippen LogP contribution < -0.4 is 0 Å². The lowest BCUT2D eigenvalue weighted by Gasteiger charge is -2.42. The fourth-order valence-electron chi connectivity index (χ4n) is 2.16. The van der Waals surface area contributed by atoms with Crippen molar-refractivity contribution in [3.05, 3.63) is 34.8 Å². The van der Waals surface area contributed by atoms with Crippen molar-refractivity contribution in [3.8, 4) is 0 Å². The molecular formula is C18H28. The topological polar surface area (TPSA) is 0 Å². The maximum Gasteiger partial charge on any atom is 0.0629 e. The highest BCUT2D eigenvalue weighted by Crippen LogP contribution is 2.46. The van der Waals surface area contributed by atoms with Crippen LogP contribution in [0, 0.1) is 0 Å². The first kappa shape index (κ1) is 7.12. The molecule has 0 heterocycles. The SMILES string of the molecule is [2H]c1c([2H])c2c(c([2H])c1C(C)(C)C)C(C)(C)C([2H])([2H])C([2H])([2H])C2(C)C. The predicted octanol–water partition coefficient (Wildman–Crippen LogP) is 5.33. The van der Waals surface area contributed by atoms with E-state index in [1.807, 2.05) is 20.8 Å². The summed E-state index contributed by atoms with van der Waals surface area (Å²) < 4.78 is 59.9. The molecule has 1 aromatic rings. The zero-order valence-corrected chi connectivity index (χ0v) is 12.5. The molecule has 2 rings (SSSR count). The van der Waals surface area contributed by atoms with Crippen LogP contribution in [0.3, 0.4) is 0 Å². The summed E-state index contributed by atoms with van der Waals surface area (Å²) in [4.78, 5) is 0. The van der Waals surface area contributed by atoms with Gasteiger partial charge < -0.3 is 0 Å². The minimum absolute atomic E-state index is 0.0570. The normalized spacial score (nSPS) is 32.7. The van der Waals surface area contributed by atoms with Crippen LogP contribution in [0.15, 0.2) is 18.1 Å². The molecule has 1 aliphatic carbocycles. The van der Waals surface area contributed by atoms with Crippen LogP contribution in [0.5, 0.6) is 0 Å². The van der Waals surface area contributed by atoms with E-state index in [0.29, 0.717) is 16.7 Å². The first-order valence-corrected chi connectivity index (χ1v) is 6.50. The van der Waals surface area contributed by atoms with E-state index in [9.17, 15) is 0 Å². The van der Waals surface area contributed by atoms with Gasteiger partial charge in [0.1, 0.15) is 0 Å². The molecule has 0 saturated carbocycles. The molecule has 1 aromatic carbocycles. The minimum atomic E-state index is -2.26. The van der Waals surface area contributed by atoms with Crippen molar-refractivity contribution in [3.63, 3.8) is 0 Å². The Morgan fingerprint density at radius 3 is 2.00 bits per heavy atom. The highest BCUT2D eigenvalue weighted by molar-refractivity contribution is 5.45. The van der Waals surface area contributed by atoms with E-state index in [2.05, 4.69) is 0 Å². The molecule has 0 saturated heterocycles. The van der Waals surface area contributed by atoms with E-state index >= 15 is 0 Å². The van der Waals surface area contributed by atoms with Crippen LogP contribution in [0.4, 0.5) is 0 Å². The van der Waals surface area contributed by atoms with E-state index < -0.39 is 29.0 Å². The Kier molecular flexibility index (Phi) is 1.53. The predicted molar refractivity (Wildman–Crippen MR) is 80.4 cm³/mol. The lowest BCUT2D eigenvalue weighted by atomic mass is 9.62. The molecule has 0 unspecified atom stereocenters. The Morgan fingerprint density at radius 1 is 1.00 bits per heavy atom. The van der Waals surface area contributed by atoms with E-state index in [0.717, 1.165) is 0 Å². The van der Waals surface area contributed by atoms with Gasteiger partial charge in [0, 0.05) is 5.48 Å². The molecule has 0 spiro atoms. The fraction of sp³-hybridized carbons (Fsp3) is 0.667. The largest absolute Gasteiger partial charge is 0.0629 e. The summed E-state index contributed by atoms with van der Waals surface area (Å²) in [6.07, 6.45) is -4.49. The van der Waals surface area contributed by atoms with Gasteiger partial charge in [0.15, 0.2) is 0 Å². The number of fused-ring (bicyclic) bond motifs is 1. The van der Waals surface area contributed by atoms with Gasteiger partial charge in [0.25, 0.3) is 0 Å². The third-order valence-corrected chi connectivity index (χ3v) is 3.50. The molecule has 18 heavy (non-hydrogen) atoms. The fourth-order valence-corrected chi connectivity index (χ4v) is 2.16.